The first kappa shape index (κ1) is 15.0. The largest absolute Gasteiger partial charge is 0.315 e. The van der Waals surface area contributed by atoms with Crippen molar-refractivity contribution < 1.29 is 0 Å². The van der Waals surface area contributed by atoms with Gasteiger partial charge in [-0.3, -0.25) is 4.90 Å². The first-order valence-electron chi connectivity index (χ1n) is 8.42. The van der Waals surface area contributed by atoms with Crippen molar-refractivity contribution >= 4 is 0 Å². The van der Waals surface area contributed by atoms with Crippen LogP contribution in [0.15, 0.2) is 30.3 Å². The molecule has 1 saturated carbocycles. The zero-order valence-electron chi connectivity index (χ0n) is 13.5. The van der Waals surface area contributed by atoms with E-state index in [0.717, 1.165) is 5.92 Å². The van der Waals surface area contributed by atoms with Gasteiger partial charge in [0.05, 0.1) is 0 Å². The van der Waals surface area contributed by atoms with Crippen molar-refractivity contribution in [3.05, 3.63) is 35.9 Å². The zero-order valence-corrected chi connectivity index (χ0v) is 13.5. The van der Waals surface area contributed by atoms with Gasteiger partial charge in [0.25, 0.3) is 0 Å². The van der Waals surface area contributed by atoms with E-state index in [4.69, 9.17) is 0 Å². The van der Waals surface area contributed by atoms with Crippen molar-refractivity contribution in [3.8, 4) is 0 Å². The van der Waals surface area contributed by atoms with Crippen molar-refractivity contribution in [1.29, 1.82) is 0 Å². The van der Waals surface area contributed by atoms with Crippen molar-refractivity contribution in [3.63, 3.8) is 0 Å². The van der Waals surface area contributed by atoms with E-state index in [0.29, 0.717) is 12.1 Å². The second kappa shape index (κ2) is 6.91. The fourth-order valence-corrected chi connectivity index (χ4v) is 4.07. The predicted molar refractivity (Wildman–Crippen MR) is 88.7 cm³/mol. The molecule has 3 nitrogen and oxygen atoms in total. The van der Waals surface area contributed by atoms with Crippen LogP contribution >= 0.6 is 0 Å². The maximum absolute atomic E-state index is 3.58. The molecule has 3 unspecified atom stereocenters. The molecule has 1 heterocycles. The Hall–Kier alpha value is -0.900. The summed E-state index contributed by atoms with van der Waals surface area (Å²) < 4.78 is 0. The number of nitrogens with one attached hydrogen (secondary N) is 1. The van der Waals surface area contributed by atoms with Crippen LogP contribution in [-0.2, 0) is 0 Å². The van der Waals surface area contributed by atoms with Crippen LogP contribution in [-0.4, -0.2) is 62.2 Å². The zero-order chi connectivity index (χ0) is 14.7. The molecule has 0 radical (unpaired) electrons. The van der Waals surface area contributed by atoms with Gasteiger partial charge >= 0.3 is 0 Å². The first-order chi connectivity index (χ1) is 10.3. The Morgan fingerprint density at radius 1 is 1.00 bits per heavy atom. The SMILES string of the molecule is CNC1CCC(c2ccccc2)CC1N1CCN(C)CC1. The molecule has 0 aromatic heterocycles. The maximum atomic E-state index is 3.58. The van der Waals surface area contributed by atoms with Crippen LogP contribution in [0.1, 0.15) is 30.7 Å². The number of piperazine rings is 1. The van der Waals surface area contributed by atoms with Gasteiger partial charge in [-0.05, 0) is 44.8 Å². The summed E-state index contributed by atoms with van der Waals surface area (Å²) in [6, 6.07) is 12.5. The molecule has 1 aliphatic carbocycles. The molecule has 3 rings (SSSR count). The Labute approximate surface area is 129 Å². The molecule has 1 aliphatic heterocycles. The molecular weight excluding hydrogens is 258 g/mol. The summed E-state index contributed by atoms with van der Waals surface area (Å²) in [4.78, 5) is 5.18. The minimum atomic E-state index is 0.661. The summed E-state index contributed by atoms with van der Waals surface area (Å²) in [5, 5.41) is 3.58. The van der Waals surface area contributed by atoms with Gasteiger partial charge in [-0.15, -0.1) is 0 Å². The number of benzene rings is 1. The minimum absolute atomic E-state index is 0.661. The number of likely N-dealkylation sites (N-methyl/N-ethyl adjacent to an activating group) is 2. The third kappa shape index (κ3) is 3.47. The lowest BCUT2D eigenvalue weighted by Gasteiger charge is -2.45. The Morgan fingerprint density at radius 3 is 2.38 bits per heavy atom. The summed E-state index contributed by atoms with van der Waals surface area (Å²) in [6.07, 6.45) is 3.92. The van der Waals surface area contributed by atoms with Gasteiger partial charge in [-0.25, -0.2) is 0 Å². The Morgan fingerprint density at radius 2 is 1.71 bits per heavy atom. The van der Waals surface area contributed by atoms with Crippen molar-refractivity contribution in [2.45, 2.75) is 37.3 Å². The Balaban J connectivity index is 1.70. The molecule has 0 spiro atoms. The van der Waals surface area contributed by atoms with Crippen LogP contribution in [0.4, 0.5) is 0 Å². The number of rotatable bonds is 3. The number of nitrogens with zero attached hydrogens (tertiary/aromatic N) is 2. The minimum Gasteiger partial charge on any atom is -0.315 e. The molecule has 1 aromatic rings. The normalized spacial score (nSPS) is 32.2. The molecule has 1 saturated heterocycles. The van der Waals surface area contributed by atoms with Crippen molar-refractivity contribution in [2.75, 3.05) is 40.3 Å². The van der Waals surface area contributed by atoms with Gasteiger partial charge in [0.15, 0.2) is 0 Å². The van der Waals surface area contributed by atoms with Gasteiger partial charge in [-0.1, -0.05) is 30.3 Å². The third-order valence-corrected chi connectivity index (χ3v) is 5.47. The summed E-state index contributed by atoms with van der Waals surface area (Å²) >= 11 is 0. The average molecular weight is 287 g/mol. The maximum Gasteiger partial charge on any atom is 0.0256 e. The molecule has 1 aromatic carbocycles. The highest BCUT2D eigenvalue weighted by Gasteiger charge is 2.35. The summed E-state index contributed by atoms with van der Waals surface area (Å²) in [5.41, 5.74) is 1.53. The van der Waals surface area contributed by atoms with E-state index in [1.54, 1.807) is 0 Å². The fraction of sp³-hybridized carbons (Fsp3) is 0.667. The molecule has 1 N–H and O–H groups in total. The van der Waals surface area contributed by atoms with E-state index in [1.165, 1.54) is 51.0 Å². The third-order valence-electron chi connectivity index (χ3n) is 5.47. The van der Waals surface area contributed by atoms with Crippen molar-refractivity contribution in [1.82, 2.24) is 15.1 Å². The molecule has 2 fully saturated rings. The highest BCUT2D eigenvalue weighted by atomic mass is 15.3. The first-order valence-corrected chi connectivity index (χ1v) is 8.42. The lowest BCUT2D eigenvalue weighted by molar-refractivity contribution is 0.0675. The summed E-state index contributed by atoms with van der Waals surface area (Å²) in [7, 11) is 4.37. The van der Waals surface area contributed by atoms with Gasteiger partial charge in [0.2, 0.25) is 0 Å². The van der Waals surface area contributed by atoms with Gasteiger partial charge in [0, 0.05) is 38.3 Å². The van der Waals surface area contributed by atoms with Gasteiger partial charge in [0.1, 0.15) is 0 Å². The van der Waals surface area contributed by atoms with Crippen LogP contribution in [0.5, 0.6) is 0 Å². The second-order valence-electron chi connectivity index (χ2n) is 6.72. The molecular formula is C18H29N3. The smallest absolute Gasteiger partial charge is 0.0256 e. The molecule has 2 aliphatic rings. The monoisotopic (exact) mass is 287 g/mol. The predicted octanol–water partition coefficient (Wildman–Crippen LogP) is 2.16. The van der Waals surface area contributed by atoms with Crippen LogP contribution in [0.2, 0.25) is 0 Å². The van der Waals surface area contributed by atoms with E-state index >= 15 is 0 Å². The van der Waals surface area contributed by atoms with Crippen LogP contribution in [0, 0.1) is 0 Å². The van der Waals surface area contributed by atoms with Crippen molar-refractivity contribution in [2.24, 2.45) is 0 Å². The highest BCUT2D eigenvalue weighted by Crippen LogP contribution is 2.35. The van der Waals surface area contributed by atoms with Crippen LogP contribution < -0.4 is 5.32 Å². The summed E-state index contributed by atoms with van der Waals surface area (Å²) in [5.74, 6) is 0.737. The van der Waals surface area contributed by atoms with Crippen LogP contribution in [0.25, 0.3) is 0 Å². The molecule has 0 amide bonds. The number of hydrogen-bond donors (Lipinski definition) is 1. The standard InChI is InChI=1S/C18H29N3/c1-19-17-9-8-16(15-6-4-3-5-7-15)14-18(17)21-12-10-20(2)11-13-21/h3-7,16-19H,8-14H2,1-2H3. The van der Waals surface area contributed by atoms with Gasteiger partial charge in [-0.2, -0.15) is 0 Å². The van der Waals surface area contributed by atoms with Gasteiger partial charge < -0.3 is 10.2 Å². The van der Waals surface area contributed by atoms with E-state index in [9.17, 15) is 0 Å². The molecule has 116 valence electrons. The molecule has 3 atom stereocenters. The summed E-state index contributed by atoms with van der Waals surface area (Å²) in [6.45, 7) is 4.87. The lowest BCUT2D eigenvalue weighted by Crippen LogP contribution is -2.57. The Bertz CT molecular complexity index is 425. The topological polar surface area (TPSA) is 18.5 Å². The molecule has 0 bridgehead atoms. The van der Waals surface area contributed by atoms with E-state index < -0.39 is 0 Å². The highest BCUT2D eigenvalue weighted by molar-refractivity contribution is 5.21. The van der Waals surface area contributed by atoms with E-state index in [1.807, 2.05) is 0 Å². The molecule has 21 heavy (non-hydrogen) atoms. The lowest BCUT2D eigenvalue weighted by atomic mass is 9.78. The Kier molecular flexibility index (Phi) is 4.94. The fourth-order valence-electron chi connectivity index (χ4n) is 4.07. The second-order valence-corrected chi connectivity index (χ2v) is 6.72. The van der Waals surface area contributed by atoms with E-state index in [-0.39, 0.29) is 0 Å². The average Bonchev–Trinajstić information content (AvgIpc) is 2.56. The molecule has 3 heteroatoms. The van der Waals surface area contributed by atoms with Crippen LogP contribution in [0.3, 0.4) is 0 Å². The quantitative estimate of drug-likeness (QED) is 0.919. The number of hydrogen-bond acceptors (Lipinski definition) is 3. The van der Waals surface area contributed by atoms with E-state index in [2.05, 4.69) is 59.5 Å².